The standard InChI is InChI=1S/C43H28N2O2/c1-4-10-29(11-5-1)30-16-18-31(19-17-30)32-20-22-35(23-21-32)45(34-14-8-3-9-15-34)36-24-26-39-37(28-36)41-40(46-39)27-25-38-42(41)47-43(44-38)33-12-6-2-7-13-33/h1-28H. The minimum Gasteiger partial charge on any atom is -0.456 e. The fourth-order valence-electron chi connectivity index (χ4n) is 6.39. The summed E-state index contributed by atoms with van der Waals surface area (Å²) in [5.41, 5.74) is 12.0. The minimum atomic E-state index is 0.597. The summed E-state index contributed by atoms with van der Waals surface area (Å²) in [5.74, 6) is 0.597. The summed E-state index contributed by atoms with van der Waals surface area (Å²) >= 11 is 0. The maximum atomic E-state index is 6.41. The van der Waals surface area contributed by atoms with E-state index in [9.17, 15) is 0 Å². The molecular formula is C43H28N2O2. The molecular weight excluding hydrogens is 576 g/mol. The number of hydrogen-bond acceptors (Lipinski definition) is 4. The van der Waals surface area contributed by atoms with Gasteiger partial charge in [-0.1, -0.05) is 103 Å². The van der Waals surface area contributed by atoms with Crippen LogP contribution in [-0.4, -0.2) is 4.98 Å². The van der Waals surface area contributed by atoms with Crippen LogP contribution in [0.4, 0.5) is 17.1 Å². The molecule has 7 aromatic carbocycles. The van der Waals surface area contributed by atoms with Crippen molar-refractivity contribution in [2.24, 2.45) is 0 Å². The van der Waals surface area contributed by atoms with E-state index in [0.29, 0.717) is 5.89 Å². The predicted molar refractivity (Wildman–Crippen MR) is 192 cm³/mol. The SMILES string of the molecule is c1ccc(-c2ccc(-c3ccc(N(c4ccccc4)c4ccc5oc6ccc7nc(-c8ccccc8)oc7c6c5c4)cc3)cc2)cc1. The lowest BCUT2D eigenvalue weighted by molar-refractivity contribution is 0.622. The first kappa shape index (κ1) is 27.0. The molecule has 0 atom stereocenters. The van der Waals surface area contributed by atoms with Gasteiger partial charge in [0, 0.05) is 28.0 Å². The van der Waals surface area contributed by atoms with Gasteiger partial charge in [-0.25, -0.2) is 4.98 Å². The molecule has 0 radical (unpaired) electrons. The lowest BCUT2D eigenvalue weighted by Crippen LogP contribution is -2.09. The Morgan fingerprint density at radius 3 is 1.57 bits per heavy atom. The molecule has 0 N–H and O–H groups in total. The van der Waals surface area contributed by atoms with Crippen molar-refractivity contribution in [3.8, 4) is 33.7 Å². The molecule has 0 bridgehead atoms. The van der Waals surface area contributed by atoms with Crippen LogP contribution in [-0.2, 0) is 0 Å². The zero-order valence-electron chi connectivity index (χ0n) is 25.4. The van der Waals surface area contributed by atoms with Gasteiger partial charge in [0.2, 0.25) is 5.89 Å². The molecule has 0 spiro atoms. The number of benzene rings is 7. The molecule has 0 fully saturated rings. The van der Waals surface area contributed by atoms with Gasteiger partial charge in [-0.05, 0) is 89.0 Å². The highest BCUT2D eigenvalue weighted by molar-refractivity contribution is 6.17. The van der Waals surface area contributed by atoms with Crippen LogP contribution < -0.4 is 4.90 Å². The second kappa shape index (κ2) is 11.2. The van der Waals surface area contributed by atoms with Gasteiger partial charge in [-0.15, -0.1) is 0 Å². The fraction of sp³-hybridized carbons (Fsp3) is 0. The summed E-state index contributed by atoms with van der Waals surface area (Å²) < 4.78 is 12.7. The van der Waals surface area contributed by atoms with Gasteiger partial charge in [0.05, 0.1) is 5.39 Å². The Bertz CT molecular complexity index is 2480. The second-order valence-electron chi connectivity index (χ2n) is 11.6. The second-order valence-corrected chi connectivity index (χ2v) is 11.6. The highest BCUT2D eigenvalue weighted by atomic mass is 16.4. The van der Waals surface area contributed by atoms with Crippen molar-refractivity contribution < 1.29 is 8.83 Å². The van der Waals surface area contributed by atoms with Gasteiger partial charge in [-0.3, -0.25) is 0 Å². The van der Waals surface area contributed by atoms with Crippen LogP contribution in [0, 0.1) is 0 Å². The Labute approximate surface area is 271 Å². The molecule has 0 saturated heterocycles. The van der Waals surface area contributed by atoms with Crippen LogP contribution in [0.5, 0.6) is 0 Å². The molecule has 0 unspecified atom stereocenters. The van der Waals surface area contributed by atoms with Gasteiger partial charge in [0.1, 0.15) is 16.7 Å². The summed E-state index contributed by atoms with van der Waals surface area (Å²) in [4.78, 5) is 7.08. The van der Waals surface area contributed by atoms with Gasteiger partial charge < -0.3 is 13.7 Å². The molecule has 222 valence electrons. The third-order valence-corrected chi connectivity index (χ3v) is 8.72. The number of oxazole rings is 1. The van der Waals surface area contributed by atoms with E-state index in [2.05, 4.69) is 114 Å². The summed E-state index contributed by atoms with van der Waals surface area (Å²) in [6, 6.07) is 58.7. The summed E-state index contributed by atoms with van der Waals surface area (Å²) in [5, 5.41) is 1.91. The first-order chi connectivity index (χ1) is 23.3. The van der Waals surface area contributed by atoms with E-state index in [4.69, 9.17) is 13.8 Å². The lowest BCUT2D eigenvalue weighted by atomic mass is 10.00. The zero-order valence-corrected chi connectivity index (χ0v) is 25.4. The molecule has 0 aliphatic carbocycles. The quantitative estimate of drug-likeness (QED) is 0.189. The van der Waals surface area contributed by atoms with Crippen molar-refractivity contribution in [3.63, 3.8) is 0 Å². The van der Waals surface area contributed by atoms with Gasteiger partial charge in [-0.2, -0.15) is 0 Å². The molecule has 47 heavy (non-hydrogen) atoms. The van der Waals surface area contributed by atoms with Crippen LogP contribution >= 0.6 is 0 Å². The monoisotopic (exact) mass is 604 g/mol. The van der Waals surface area contributed by atoms with Crippen LogP contribution in [0.1, 0.15) is 0 Å². The first-order valence-electron chi connectivity index (χ1n) is 15.7. The lowest BCUT2D eigenvalue weighted by Gasteiger charge is -2.25. The van der Waals surface area contributed by atoms with E-state index in [1.807, 2.05) is 60.7 Å². The van der Waals surface area contributed by atoms with Crippen molar-refractivity contribution in [2.45, 2.75) is 0 Å². The largest absolute Gasteiger partial charge is 0.456 e. The number of rotatable bonds is 6. The Kier molecular flexibility index (Phi) is 6.43. The van der Waals surface area contributed by atoms with Gasteiger partial charge in [0.25, 0.3) is 0 Å². The number of para-hydroxylation sites is 1. The number of aromatic nitrogens is 1. The topological polar surface area (TPSA) is 42.4 Å². The fourth-order valence-corrected chi connectivity index (χ4v) is 6.39. The molecule has 2 heterocycles. The van der Waals surface area contributed by atoms with Gasteiger partial charge >= 0.3 is 0 Å². The van der Waals surface area contributed by atoms with E-state index >= 15 is 0 Å². The van der Waals surface area contributed by atoms with Crippen molar-refractivity contribution in [3.05, 3.63) is 170 Å². The summed E-state index contributed by atoms with van der Waals surface area (Å²) in [6.45, 7) is 0. The van der Waals surface area contributed by atoms with E-state index in [1.54, 1.807) is 0 Å². The molecule has 0 aliphatic rings. The molecule has 4 heteroatoms. The number of hydrogen-bond donors (Lipinski definition) is 0. The maximum Gasteiger partial charge on any atom is 0.227 e. The summed E-state index contributed by atoms with van der Waals surface area (Å²) in [7, 11) is 0. The number of anilines is 3. The van der Waals surface area contributed by atoms with Crippen molar-refractivity contribution >= 4 is 50.1 Å². The van der Waals surface area contributed by atoms with Gasteiger partial charge in [0.15, 0.2) is 5.58 Å². The molecule has 9 aromatic rings. The van der Waals surface area contributed by atoms with E-state index in [-0.39, 0.29) is 0 Å². The van der Waals surface area contributed by atoms with Crippen LogP contribution in [0.15, 0.2) is 179 Å². The molecule has 2 aromatic heterocycles. The maximum absolute atomic E-state index is 6.41. The first-order valence-corrected chi connectivity index (χ1v) is 15.7. The van der Waals surface area contributed by atoms with Crippen molar-refractivity contribution in [1.82, 2.24) is 4.98 Å². The smallest absolute Gasteiger partial charge is 0.227 e. The number of fused-ring (bicyclic) bond motifs is 5. The number of furan rings is 1. The summed E-state index contributed by atoms with van der Waals surface area (Å²) in [6.07, 6.45) is 0. The third kappa shape index (κ3) is 4.84. The molecule has 0 amide bonds. The highest BCUT2D eigenvalue weighted by Crippen LogP contribution is 2.41. The zero-order chi connectivity index (χ0) is 31.2. The van der Waals surface area contributed by atoms with E-state index in [1.165, 1.54) is 22.3 Å². The van der Waals surface area contributed by atoms with E-state index in [0.717, 1.165) is 55.7 Å². The van der Waals surface area contributed by atoms with Crippen molar-refractivity contribution in [2.75, 3.05) is 4.90 Å². The average molecular weight is 605 g/mol. The Balaban J connectivity index is 1.13. The predicted octanol–water partition coefficient (Wildman–Crippen LogP) is 12.2. The van der Waals surface area contributed by atoms with Crippen molar-refractivity contribution in [1.29, 1.82) is 0 Å². The van der Waals surface area contributed by atoms with Crippen LogP contribution in [0.2, 0.25) is 0 Å². The molecule has 0 saturated carbocycles. The Hall–Kier alpha value is -6.39. The molecule has 0 aliphatic heterocycles. The highest BCUT2D eigenvalue weighted by Gasteiger charge is 2.19. The normalized spacial score (nSPS) is 11.4. The third-order valence-electron chi connectivity index (χ3n) is 8.72. The van der Waals surface area contributed by atoms with Crippen LogP contribution in [0.25, 0.3) is 66.7 Å². The Morgan fingerprint density at radius 2 is 0.915 bits per heavy atom. The van der Waals surface area contributed by atoms with Crippen LogP contribution in [0.3, 0.4) is 0 Å². The van der Waals surface area contributed by atoms with E-state index < -0.39 is 0 Å². The molecule has 4 nitrogen and oxygen atoms in total. The Morgan fingerprint density at radius 1 is 0.404 bits per heavy atom. The average Bonchev–Trinajstić information content (AvgIpc) is 3.75. The number of nitrogens with zero attached hydrogens (tertiary/aromatic N) is 2. The minimum absolute atomic E-state index is 0.597. The molecule has 9 rings (SSSR count).